The zero-order valence-electron chi connectivity index (χ0n) is 17.6. The van der Waals surface area contributed by atoms with E-state index in [2.05, 4.69) is 9.97 Å². The fraction of sp³-hybridized carbons (Fsp3) is 0.318. The van der Waals surface area contributed by atoms with Gasteiger partial charge in [0.1, 0.15) is 5.75 Å². The first-order valence-corrected chi connectivity index (χ1v) is 10.4. The highest BCUT2D eigenvalue weighted by atomic mass is 16.6. The fourth-order valence-corrected chi connectivity index (χ4v) is 3.66. The van der Waals surface area contributed by atoms with E-state index in [9.17, 15) is 14.9 Å². The number of esters is 1. The van der Waals surface area contributed by atoms with Crippen LogP contribution in [0.1, 0.15) is 19.8 Å². The third kappa shape index (κ3) is 4.69. The van der Waals surface area contributed by atoms with Gasteiger partial charge < -0.3 is 18.9 Å². The van der Waals surface area contributed by atoms with Crippen LogP contribution < -0.4 is 9.64 Å². The minimum absolute atomic E-state index is 0.0950. The highest BCUT2D eigenvalue weighted by Gasteiger charge is 2.30. The lowest BCUT2D eigenvalue weighted by Gasteiger charge is -2.31. The Morgan fingerprint density at radius 3 is 2.56 bits per heavy atom. The van der Waals surface area contributed by atoms with E-state index < -0.39 is 4.92 Å². The lowest BCUT2D eigenvalue weighted by atomic mass is 9.97. The Hall–Kier alpha value is -3.95. The van der Waals surface area contributed by atoms with Crippen LogP contribution in [0.3, 0.4) is 0 Å². The number of anilines is 1. The van der Waals surface area contributed by atoms with Gasteiger partial charge in [-0.2, -0.15) is 4.98 Å². The molecule has 1 aromatic carbocycles. The van der Waals surface area contributed by atoms with Crippen LogP contribution in [0, 0.1) is 16.0 Å². The molecule has 1 aliphatic heterocycles. The summed E-state index contributed by atoms with van der Waals surface area (Å²) in [5.74, 6) is 0.644. The average Bonchev–Trinajstić information content (AvgIpc) is 3.35. The van der Waals surface area contributed by atoms with E-state index in [0.29, 0.717) is 38.3 Å². The molecule has 32 heavy (non-hydrogen) atoms. The lowest BCUT2D eigenvalue weighted by Crippen LogP contribution is -2.37. The van der Waals surface area contributed by atoms with Crippen LogP contribution in [0.25, 0.3) is 5.69 Å². The minimum Gasteiger partial charge on any atom is -0.466 e. The zero-order chi connectivity index (χ0) is 22.5. The molecule has 10 nitrogen and oxygen atoms in total. The summed E-state index contributed by atoms with van der Waals surface area (Å²) >= 11 is 0. The molecule has 3 heterocycles. The summed E-state index contributed by atoms with van der Waals surface area (Å²) in [7, 11) is 0. The molecular formula is C22H23N5O5. The molecule has 3 aromatic rings. The second kappa shape index (κ2) is 9.46. The second-order valence-electron chi connectivity index (χ2n) is 7.33. The maximum absolute atomic E-state index is 12.0. The molecule has 10 heteroatoms. The smallest absolute Gasteiger partial charge is 0.311 e. The molecule has 0 spiro atoms. The number of rotatable bonds is 7. The topological polar surface area (TPSA) is 113 Å². The monoisotopic (exact) mass is 437 g/mol. The van der Waals surface area contributed by atoms with E-state index in [0.717, 1.165) is 5.69 Å². The van der Waals surface area contributed by atoms with Crippen molar-refractivity contribution in [2.75, 3.05) is 24.6 Å². The number of piperidine rings is 1. The second-order valence-corrected chi connectivity index (χ2v) is 7.33. The van der Waals surface area contributed by atoms with Gasteiger partial charge in [-0.25, -0.2) is 4.98 Å². The summed E-state index contributed by atoms with van der Waals surface area (Å²) in [5, 5.41) is 11.6. The Kier molecular flexibility index (Phi) is 6.29. The molecule has 0 aliphatic carbocycles. The number of hydrogen-bond acceptors (Lipinski definition) is 8. The van der Waals surface area contributed by atoms with E-state index in [1.54, 1.807) is 31.6 Å². The predicted octanol–water partition coefficient (Wildman–Crippen LogP) is 3.75. The Bertz CT molecular complexity index is 1080. The maximum Gasteiger partial charge on any atom is 0.311 e. The van der Waals surface area contributed by atoms with Crippen molar-refractivity contribution in [1.82, 2.24) is 14.5 Å². The Balaban J connectivity index is 1.50. The van der Waals surface area contributed by atoms with E-state index >= 15 is 0 Å². The first-order chi connectivity index (χ1) is 15.5. The molecule has 1 fully saturated rings. The van der Waals surface area contributed by atoms with Crippen LogP contribution in [0.4, 0.5) is 11.5 Å². The summed E-state index contributed by atoms with van der Waals surface area (Å²) in [6.45, 7) is 3.06. The molecule has 0 N–H and O–H groups in total. The zero-order valence-corrected chi connectivity index (χ0v) is 17.6. The highest BCUT2D eigenvalue weighted by molar-refractivity contribution is 5.73. The van der Waals surface area contributed by atoms with E-state index in [1.807, 2.05) is 27.8 Å². The standard InChI is InChI=1S/C22H23N5O5/c1-2-31-22(28)16-9-12-25(13-10-16)21-19(27(29)30)7-8-20(24-21)32-18-5-3-17(4-6-18)26-14-11-23-15-26/h3-8,11,14-16H,2,9-10,12-13H2,1H3. The van der Waals surface area contributed by atoms with Gasteiger partial charge in [-0.05, 0) is 44.0 Å². The Morgan fingerprint density at radius 2 is 1.94 bits per heavy atom. The lowest BCUT2D eigenvalue weighted by molar-refractivity contribution is -0.384. The number of nitro groups is 1. The van der Waals surface area contributed by atoms with E-state index in [4.69, 9.17) is 9.47 Å². The van der Waals surface area contributed by atoms with Crippen molar-refractivity contribution in [1.29, 1.82) is 0 Å². The highest BCUT2D eigenvalue weighted by Crippen LogP contribution is 2.33. The van der Waals surface area contributed by atoms with Gasteiger partial charge >= 0.3 is 11.7 Å². The summed E-state index contributed by atoms with van der Waals surface area (Å²) < 4.78 is 12.8. The third-order valence-corrected chi connectivity index (χ3v) is 5.30. The molecule has 2 aromatic heterocycles. The quantitative estimate of drug-likeness (QED) is 0.312. The number of nitrogens with zero attached hydrogens (tertiary/aromatic N) is 5. The molecule has 0 unspecified atom stereocenters. The molecule has 0 bridgehead atoms. The van der Waals surface area contributed by atoms with Crippen LogP contribution in [-0.4, -0.2) is 45.1 Å². The van der Waals surface area contributed by atoms with Gasteiger partial charge in [0.2, 0.25) is 11.7 Å². The van der Waals surface area contributed by atoms with Gasteiger partial charge in [0.05, 0.1) is 23.8 Å². The number of carbonyl (C=O) groups is 1. The van der Waals surface area contributed by atoms with Gasteiger partial charge in [-0.15, -0.1) is 0 Å². The van der Waals surface area contributed by atoms with Crippen molar-refractivity contribution < 1.29 is 19.2 Å². The molecule has 1 saturated heterocycles. The number of ether oxygens (including phenoxy) is 2. The number of imidazole rings is 1. The number of hydrogen-bond donors (Lipinski definition) is 0. The van der Waals surface area contributed by atoms with Gasteiger partial charge in [0, 0.05) is 43.3 Å². The molecule has 0 atom stereocenters. The average molecular weight is 437 g/mol. The van der Waals surface area contributed by atoms with Gasteiger partial charge in [-0.3, -0.25) is 14.9 Å². The molecular weight excluding hydrogens is 414 g/mol. The molecule has 0 amide bonds. The number of aromatic nitrogens is 3. The van der Waals surface area contributed by atoms with Crippen LogP contribution in [0.2, 0.25) is 0 Å². The van der Waals surface area contributed by atoms with Crippen LogP contribution in [-0.2, 0) is 9.53 Å². The summed E-state index contributed by atoms with van der Waals surface area (Å²) in [4.78, 5) is 33.4. The predicted molar refractivity (Wildman–Crippen MR) is 116 cm³/mol. The van der Waals surface area contributed by atoms with Crippen molar-refractivity contribution in [3.8, 4) is 17.3 Å². The Morgan fingerprint density at radius 1 is 1.19 bits per heavy atom. The number of carbonyl (C=O) groups excluding carboxylic acids is 1. The van der Waals surface area contributed by atoms with Gasteiger partial charge in [-0.1, -0.05) is 0 Å². The van der Waals surface area contributed by atoms with Gasteiger partial charge in [0.15, 0.2) is 0 Å². The molecule has 4 rings (SSSR count). The van der Waals surface area contributed by atoms with Crippen molar-refractivity contribution in [3.05, 3.63) is 65.2 Å². The SMILES string of the molecule is CCOC(=O)C1CCN(c2nc(Oc3ccc(-n4ccnc4)cc3)ccc2[N+](=O)[O-])CC1. The minimum atomic E-state index is -0.455. The molecule has 0 saturated carbocycles. The maximum atomic E-state index is 12.0. The number of benzene rings is 1. The van der Waals surface area contributed by atoms with Crippen molar-refractivity contribution in [3.63, 3.8) is 0 Å². The molecule has 0 radical (unpaired) electrons. The molecule has 1 aliphatic rings. The third-order valence-electron chi connectivity index (χ3n) is 5.30. The van der Waals surface area contributed by atoms with Crippen molar-refractivity contribution in [2.24, 2.45) is 5.92 Å². The fourth-order valence-electron chi connectivity index (χ4n) is 3.66. The Labute approximate surface area is 184 Å². The van der Waals surface area contributed by atoms with Crippen molar-refractivity contribution >= 4 is 17.5 Å². The first kappa shape index (κ1) is 21.3. The van der Waals surface area contributed by atoms with Gasteiger partial charge in [0.25, 0.3) is 0 Å². The normalized spacial score (nSPS) is 14.2. The summed E-state index contributed by atoms with van der Waals surface area (Å²) in [6, 6.07) is 10.2. The summed E-state index contributed by atoms with van der Waals surface area (Å²) in [5.41, 5.74) is 0.832. The first-order valence-electron chi connectivity index (χ1n) is 10.4. The largest absolute Gasteiger partial charge is 0.466 e. The van der Waals surface area contributed by atoms with Crippen LogP contribution >= 0.6 is 0 Å². The van der Waals surface area contributed by atoms with Crippen molar-refractivity contribution in [2.45, 2.75) is 19.8 Å². The van der Waals surface area contributed by atoms with Crippen LogP contribution in [0.5, 0.6) is 11.6 Å². The van der Waals surface area contributed by atoms with E-state index in [1.165, 1.54) is 12.1 Å². The van der Waals surface area contributed by atoms with E-state index in [-0.39, 0.29) is 29.3 Å². The summed E-state index contributed by atoms with van der Waals surface area (Å²) in [6.07, 6.45) is 6.34. The molecule has 166 valence electrons. The van der Waals surface area contributed by atoms with Crippen LogP contribution in [0.15, 0.2) is 55.1 Å². The number of pyridine rings is 1.